The number of amidine groups is 1. The van der Waals surface area contributed by atoms with Crippen LogP contribution in [0.15, 0.2) is 29.3 Å². The topological polar surface area (TPSA) is 36.4 Å². The van der Waals surface area contributed by atoms with Gasteiger partial charge in [0.1, 0.15) is 11.7 Å². The first kappa shape index (κ1) is 14.6. The highest BCUT2D eigenvalue weighted by Crippen LogP contribution is 2.18. The van der Waals surface area contributed by atoms with E-state index >= 15 is 0 Å². The van der Waals surface area contributed by atoms with E-state index < -0.39 is 0 Å². The van der Waals surface area contributed by atoms with Crippen molar-refractivity contribution in [2.75, 3.05) is 13.1 Å². The highest BCUT2D eigenvalue weighted by molar-refractivity contribution is 5.99. The van der Waals surface area contributed by atoms with Gasteiger partial charge in [0.15, 0.2) is 0 Å². The minimum absolute atomic E-state index is 0.0728. The first-order valence-corrected chi connectivity index (χ1v) is 6.90. The zero-order chi connectivity index (χ0) is 14.8. The smallest absolute Gasteiger partial charge is 0.132 e. The van der Waals surface area contributed by atoms with Crippen molar-refractivity contribution in [1.82, 2.24) is 10.6 Å². The molecule has 2 rings (SSSR count). The summed E-state index contributed by atoms with van der Waals surface area (Å²) in [4.78, 5) is 4.48. The summed E-state index contributed by atoms with van der Waals surface area (Å²) in [5, 5.41) is 6.58. The standard InChI is InChI=1S/C16H22FN3/c1-11-5-6-12(13(17)9-11)14-10-15(19-8-7-18-14)20-16(2,3)4/h5-6,9-10,18H,7-8H2,1-4H3,(H,19,20). The molecule has 0 spiro atoms. The van der Waals surface area contributed by atoms with Crippen molar-refractivity contribution in [3.05, 3.63) is 41.2 Å². The average Bonchev–Trinajstić information content (AvgIpc) is 2.52. The largest absolute Gasteiger partial charge is 0.383 e. The highest BCUT2D eigenvalue weighted by Gasteiger charge is 2.15. The Bertz CT molecular complexity index is 553. The van der Waals surface area contributed by atoms with Gasteiger partial charge in [-0.2, -0.15) is 0 Å². The summed E-state index contributed by atoms with van der Waals surface area (Å²) in [6, 6.07) is 5.28. The second-order valence-corrected chi connectivity index (χ2v) is 6.11. The van der Waals surface area contributed by atoms with Gasteiger partial charge in [-0.1, -0.05) is 6.07 Å². The molecule has 0 amide bonds. The first-order valence-electron chi connectivity index (χ1n) is 6.90. The number of nitrogens with zero attached hydrogens (tertiary/aromatic N) is 1. The number of hydrogen-bond donors (Lipinski definition) is 2. The van der Waals surface area contributed by atoms with E-state index in [-0.39, 0.29) is 11.4 Å². The Morgan fingerprint density at radius 3 is 2.70 bits per heavy atom. The Morgan fingerprint density at radius 2 is 2.05 bits per heavy atom. The molecule has 0 bridgehead atoms. The van der Waals surface area contributed by atoms with Crippen LogP contribution in [0.4, 0.5) is 4.39 Å². The fourth-order valence-corrected chi connectivity index (χ4v) is 2.07. The minimum atomic E-state index is -0.208. The number of nitrogens with one attached hydrogen (secondary N) is 2. The molecule has 0 aliphatic carbocycles. The minimum Gasteiger partial charge on any atom is -0.383 e. The third-order valence-corrected chi connectivity index (χ3v) is 2.91. The molecule has 1 aromatic carbocycles. The normalized spacial score (nSPS) is 15.8. The van der Waals surface area contributed by atoms with E-state index in [4.69, 9.17) is 0 Å². The summed E-state index contributed by atoms with van der Waals surface area (Å²) < 4.78 is 14.1. The molecule has 4 heteroatoms. The van der Waals surface area contributed by atoms with E-state index in [1.54, 1.807) is 6.07 Å². The zero-order valence-corrected chi connectivity index (χ0v) is 12.5. The molecule has 0 saturated heterocycles. The van der Waals surface area contributed by atoms with Gasteiger partial charge in [-0.05, 0) is 45.4 Å². The third-order valence-electron chi connectivity index (χ3n) is 2.91. The summed E-state index contributed by atoms with van der Waals surface area (Å²) in [6.45, 7) is 9.49. The van der Waals surface area contributed by atoms with Crippen molar-refractivity contribution in [3.63, 3.8) is 0 Å². The van der Waals surface area contributed by atoms with Crippen LogP contribution >= 0.6 is 0 Å². The van der Waals surface area contributed by atoms with Gasteiger partial charge in [-0.3, -0.25) is 4.99 Å². The van der Waals surface area contributed by atoms with Gasteiger partial charge in [-0.15, -0.1) is 0 Å². The van der Waals surface area contributed by atoms with E-state index in [0.29, 0.717) is 18.7 Å². The molecular weight excluding hydrogens is 253 g/mol. The third kappa shape index (κ3) is 3.83. The summed E-state index contributed by atoms with van der Waals surface area (Å²) in [5.74, 6) is 0.582. The lowest BCUT2D eigenvalue weighted by molar-refractivity contribution is 0.512. The Balaban J connectivity index is 2.32. The zero-order valence-electron chi connectivity index (χ0n) is 12.5. The molecule has 20 heavy (non-hydrogen) atoms. The lowest BCUT2D eigenvalue weighted by Gasteiger charge is -2.22. The molecule has 0 fully saturated rings. The van der Waals surface area contributed by atoms with Crippen molar-refractivity contribution in [3.8, 4) is 0 Å². The maximum absolute atomic E-state index is 14.1. The monoisotopic (exact) mass is 275 g/mol. The van der Waals surface area contributed by atoms with Crippen LogP contribution < -0.4 is 10.6 Å². The Labute approximate surface area is 120 Å². The lowest BCUT2D eigenvalue weighted by Crippen LogP contribution is -2.40. The quantitative estimate of drug-likeness (QED) is 0.827. The van der Waals surface area contributed by atoms with Crippen LogP contribution in [0.25, 0.3) is 5.70 Å². The number of hydrogen-bond acceptors (Lipinski definition) is 3. The van der Waals surface area contributed by atoms with Crippen LogP contribution in [0.3, 0.4) is 0 Å². The highest BCUT2D eigenvalue weighted by atomic mass is 19.1. The molecule has 2 N–H and O–H groups in total. The average molecular weight is 275 g/mol. The molecule has 1 aliphatic heterocycles. The summed E-state index contributed by atoms with van der Waals surface area (Å²) in [5.41, 5.74) is 2.20. The summed E-state index contributed by atoms with van der Waals surface area (Å²) in [6.07, 6.45) is 1.88. The van der Waals surface area contributed by atoms with Gasteiger partial charge in [0.2, 0.25) is 0 Å². The van der Waals surface area contributed by atoms with Crippen LogP contribution in [0, 0.1) is 12.7 Å². The fraction of sp³-hybridized carbons (Fsp3) is 0.438. The molecule has 1 aromatic rings. The predicted molar refractivity (Wildman–Crippen MR) is 82.3 cm³/mol. The number of benzene rings is 1. The molecule has 0 atom stereocenters. The van der Waals surface area contributed by atoms with Gasteiger partial charge in [0.25, 0.3) is 0 Å². The molecule has 0 aromatic heterocycles. The molecule has 1 aliphatic rings. The van der Waals surface area contributed by atoms with Crippen LogP contribution in [-0.2, 0) is 0 Å². The molecular formula is C16H22FN3. The lowest BCUT2D eigenvalue weighted by atomic mass is 10.1. The van der Waals surface area contributed by atoms with E-state index in [0.717, 1.165) is 17.1 Å². The maximum Gasteiger partial charge on any atom is 0.132 e. The van der Waals surface area contributed by atoms with Crippen LogP contribution in [0.5, 0.6) is 0 Å². The second-order valence-electron chi connectivity index (χ2n) is 6.11. The molecule has 0 unspecified atom stereocenters. The van der Waals surface area contributed by atoms with Crippen molar-refractivity contribution in [2.45, 2.75) is 33.2 Å². The van der Waals surface area contributed by atoms with Crippen LogP contribution in [0.2, 0.25) is 0 Å². The molecule has 1 heterocycles. The summed E-state index contributed by atoms with van der Waals surface area (Å²) in [7, 11) is 0. The SMILES string of the molecule is Cc1ccc(C2=CC(NC(C)(C)C)=NCCN2)c(F)c1. The van der Waals surface area contributed by atoms with E-state index in [2.05, 4.69) is 36.4 Å². The van der Waals surface area contributed by atoms with Crippen molar-refractivity contribution >= 4 is 11.5 Å². The van der Waals surface area contributed by atoms with E-state index in [1.807, 2.05) is 25.1 Å². The van der Waals surface area contributed by atoms with Gasteiger partial charge in [0, 0.05) is 29.4 Å². The Morgan fingerprint density at radius 1 is 1.30 bits per heavy atom. The number of aliphatic imine (C=N–C) groups is 1. The maximum atomic E-state index is 14.1. The van der Waals surface area contributed by atoms with Gasteiger partial charge in [0.05, 0.1) is 6.54 Å². The van der Waals surface area contributed by atoms with Crippen molar-refractivity contribution in [1.29, 1.82) is 0 Å². The molecule has 0 saturated carbocycles. The number of halogens is 1. The van der Waals surface area contributed by atoms with Crippen LogP contribution in [0.1, 0.15) is 31.9 Å². The van der Waals surface area contributed by atoms with Gasteiger partial charge in [-0.25, -0.2) is 4.39 Å². The second kappa shape index (κ2) is 5.65. The Kier molecular flexibility index (Phi) is 4.12. The predicted octanol–water partition coefficient (Wildman–Crippen LogP) is 2.86. The van der Waals surface area contributed by atoms with Crippen molar-refractivity contribution < 1.29 is 4.39 Å². The molecule has 108 valence electrons. The van der Waals surface area contributed by atoms with Gasteiger partial charge >= 0.3 is 0 Å². The number of aryl methyl sites for hydroxylation is 1. The van der Waals surface area contributed by atoms with E-state index in [9.17, 15) is 4.39 Å². The first-order chi connectivity index (χ1) is 9.35. The summed E-state index contributed by atoms with van der Waals surface area (Å²) >= 11 is 0. The van der Waals surface area contributed by atoms with E-state index in [1.165, 1.54) is 0 Å². The Hall–Kier alpha value is -1.84. The van der Waals surface area contributed by atoms with Crippen molar-refractivity contribution in [2.24, 2.45) is 4.99 Å². The number of rotatable bonds is 1. The molecule has 0 radical (unpaired) electrons. The van der Waals surface area contributed by atoms with Crippen LogP contribution in [-0.4, -0.2) is 24.5 Å². The van der Waals surface area contributed by atoms with Gasteiger partial charge < -0.3 is 10.6 Å². The fourth-order valence-electron chi connectivity index (χ4n) is 2.07. The molecule has 3 nitrogen and oxygen atoms in total.